The van der Waals surface area contributed by atoms with Gasteiger partial charge in [-0.15, -0.1) is 11.6 Å². The monoisotopic (exact) mass is 498 g/mol. The fourth-order valence-electron chi connectivity index (χ4n) is 3.06. The molecular weight excluding hydrogens is 478 g/mol. The molecular formula is C17H21BrClIO2. The first-order valence-corrected chi connectivity index (χ1v) is 10.1. The highest BCUT2D eigenvalue weighted by Crippen LogP contribution is 2.39. The van der Waals surface area contributed by atoms with Crippen molar-refractivity contribution in [2.45, 2.75) is 56.7 Å². The van der Waals surface area contributed by atoms with Crippen molar-refractivity contribution in [1.29, 1.82) is 0 Å². The van der Waals surface area contributed by atoms with Gasteiger partial charge in [-0.05, 0) is 78.0 Å². The van der Waals surface area contributed by atoms with Gasteiger partial charge in [0.25, 0.3) is 0 Å². The van der Waals surface area contributed by atoms with Crippen molar-refractivity contribution >= 4 is 56.1 Å². The average molecular weight is 500 g/mol. The number of carbonyl (C=O) groups is 1. The minimum absolute atomic E-state index is 0.341. The standard InChI is InChI=1S/C17H21BrClIO2/c1-2-22-17(21)14(19)9-11-8-13(18)16(15(20)10-11)12-6-4-3-5-7-12/h8,10,12,14H,2-7,9H2,1H3. The third-order valence-electron chi connectivity index (χ3n) is 4.11. The molecule has 2 nitrogen and oxygen atoms in total. The molecule has 0 aromatic heterocycles. The maximum atomic E-state index is 11.7. The van der Waals surface area contributed by atoms with Crippen LogP contribution in [0.1, 0.15) is 56.1 Å². The van der Waals surface area contributed by atoms with E-state index in [1.54, 1.807) is 6.92 Å². The lowest BCUT2D eigenvalue weighted by molar-refractivity contribution is -0.142. The fourth-order valence-corrected chi connectivity index (χ4v) is 5.63. The number of alkyl halides is 1. The van der Waals surface area contributed by atoms with E-state index in [-0.39, 0.29) is 5.97 Å². The maximum absolute atomic E-state index is 11.7. The minimum Gasteiger partial charge on any atom is -0.465 e. The summed E-state index contributed by atoms with van der Waals surface area (Å²) in [5.41, 5.74) is 2.50. The molecule has 0 bridgehead atoms. The molecule has 22 heavy (non-hydrogen) atoms. The Bertz CT molecular complexity index is 506. The van der Waals surface area contributed by atoms with Gasteiger partial charge >= 0.3 is 5.97 Å². The van der Waals surface area contributed by atoms with Crippen LogP contribution < -0.4 is 0 Å². The Balaban J connectivity index is 2.13. The maximum Gasteiger partial charge on any atom is 0.324 e. The quantitative estimate of drug-likeness (QED) is 0.290. The second kappa shape index (κ2) is 8.88. The number of benzene rings is 1. The SMILES string of the molecule is CCOC(=O)C(Cl)Cc1cc(Br)c(C2CCCCC2)c(I)c1. The molecule has 2 rings (SSSR count). The third kappa shape index (κ3) is 4.84. The van der Waals surface area contributed by atoms with Crippen LogP contribution in [-0.2, 0) is 16.0 Å². The van der Waals surface area contributed by atoms with E-state index in [0.29, 0.717) is 18.9 Å². The molecule has 1 aromatic rings. The predicted molar refractivity (Wildman–Crippen MR) is 103 cm³/mol. The Hall–Kier alpha value is 0.190. The van der Waals surface area contributed by atoms with Crippen molar-refractivity contribution < 1.29 is 9.53 Å². The van der Waals surface area contributed by atoms with E-state index >= 15 is 0 Å². The summed E-state index contributed by atoms with van der Waals surface area (Å²) in [5.74, 6) is 0.313. The minimum atomic E-state index is -0.622. The van der Waals surface area contributed by atoms with Crippen molar-refractivity contribution in [2.24, 2.45) is 0 Å². The smallest absolute Gasteiger partial charge is 0.324 e. The zero-order chi connectivity index (χ0) is 16.1. The van der Waals surface area contributed by atoms with Gasteiger partial charge in [0.1, 0.15) is 5.38 Å². The first kappa shape index (κ1) is 18.5. The molecule has 1 fully saturated rings. The zero-order valence-electron chi connectivity index (χ0n) is 12.7. The van der Waals surface area contributed by atoms with Crippen LogP contribution in [0.15, 0.2) is 16.6 Å². The van der Waals surface area contributed by atoms with Crippen LogP contribution >= 0.6 is 50.1 Å². The normalized spacial score (nSPS) is 17.3. The topological polar surface area (TPSA) is 26.3 Å². The lowest BCUT2D eigenvalue weighted by atomic mass is 9.84. The van der Waals surface area contributed by atoms with Crippen LogP contribution in [-0.4, -0.2) is 18.0 Å². The second-order valence-electron chi connectivity index (χ2n) is 5.73. The molecule has 1 aromatic carbocycles. The van der Waals surface area contributed by atoms with E-state index < -0.39 is 5.38 Å². The van der Waals surface area contributed by atoms with E-state index in [0.717, 1.165) is 10.0 Å². The molecule has 0 radical (unpaired) electrons. The summed E-state index contributed by atoms with van der Waals surface area (Å²) in [6.07, 6.45) is 7.04. The van der Waals surface area contributed by atoms with Crippen LogP contribution in [0.3, 0.4) is 0 Å². The van der Waals surface area contributed by atoms with Gasteiger partial charge in [-0.3, -0.25) is 4.79 Å². The zero-order valence-corrected chi connectivity index (χ0v) is 17.2. The molecule has 1 atom stereocenters. The van der Waals surface area contributed by atoms with Crippen LogP contribution in [0, 0.1) is 3.57 Å². The van der Waals surface area contributed by atoms with Crippen molar-refractivity contribution in [3.8, 4) is 0 Å². The van der Waals surface area contributed by atoms with E-state index in [9.17, 15) is 4.79 Å². The summed E-state index contributed by atoms with van der Waals surface area (Å²) < 4.78 is 7.38. The molecule has 1 unspecified atom stereocenters. The molecule has 0 N–H and O–H groups in total. The van der Waals surface area contributed by atoms with Gasteiger partial charge in [0.2, 0.25) is 0 Å². The van der Waals surface area contributed by atoms with Crippen molar-refractivity contribution in [2.75, 3.05) is 6.61 Å². The molecule has 1 aliphatic rings. The average Bonchev–Trinajstić information content (AvgIpc) is 2.47. The third-order valence-corrected chi connectivity index (χ3v) is 5.99. The van der Waals surface area contributed by atoms with Gasteiger partial charge in [-0.2, -0.15) is 0 Å². The highest BCUT2D eigenvalue weighted by Gasteiger charge is 2.22. The number of hydrogen-bond acceptors (Lipinski definition) is 2. The molecule has 0 amide bonds. The van der Waals surface area contributed by atoms with Crippen molar-refractivity contribution in [3.05, 3.63) is 31.3 Å². The number of halogens is 3. The summed E-state index contributed by atoms with van der Waals surface area (Å²) >= 11 is 12.3. The predicted octanol–water partition coefficient (Wildman–Crippen LogP) is 5.81. The number of hydrogen-bond donors (Lipinski definition) is 0. The molecule has 5 heteroatoms. The van der Waals surface area contributed by atoms with Gasteiger partial charge in [0.15, 0.2) is 0 Å². The highest BCUT2D eigenvalue weighted by molar-refractivity contribution is 14.1. The Morgan fingerprint density at radius 1 is 1.41 bits per heavy atom. The van der Waals surface area contributed by atoms with Gasteiger partial charge < -0.3 is 4.74 Å². The van der Waals surface area contributed by atoms with Gasteiger partial charge in [0, 0.05) is 8.04 Å². The van der Waals surface area contributed by atoms with Crippen molar-refractivity contribution in [1.82, 2.24) is 0 Å². The van der Waals surface area contributed by atoms with Gasteiger partial charge in [-0.25, -0.2) is 0 Å². The van der Waals surface area contributed by atoms with E-state index in [1.807, 2.05) is 0 Å². The number of ether oxygens (including phenoxy) is 1. The summed E-state index contributed by atoms with van der Waals surface area (Å²) in [5, 5.41) is -0.622. The van der Waals surface area contributed by atoms with Crippen LogP contribution in [0.2, 0.25) is 0 Å². The van der Waals surface area contributed by atoms with Gasteiger partial charge in [0.05, 0.1) is 6.61 Å². The number of esters is 1. The molecule has 122 valence electrons. The van der Waals surface area contributed by atoms with E-state index in [1.165, 1.54) is 41.2 Å². The van der Waals surface area contributed by atoms with Crippen LogP contribution in [0.5, 0.6) is 0 Å². The second-order valence-corrected chi connectivity index (χ2v) is 8.28. The molecule has 0 aliphatic heterocycles. The lowest BCUT2D eigenvalue weighted by Gasteiger charge is -2.25. The molecule has 1 aliphatic carbocycles. The molecule has 0 saturated heterocycles. The Kier molecular flexibility index (Phi) is 7.48. The Morgan fingerprint density at radius 2 is 2.09 bits per heavy atom. The summed E-state index contributed by atoms with van der Waals surface area (Å²) in [7, 11) is 0. The molecule has 1 saturated carbocycles. The van der Waals surface area contributed by atoms with Crippen LogP contribution in [0.4, 0.5) is 0 Å². The van der Waals surface area contributed by atoms with Gasteiger partial charge in [-0.1, -0.05) is 35.2 Å². The van der Waals surface area contributed by atoms with E-state index in [2.05, 4.69) is 50.7 Å². The Labute approximate surface area is 159 Å². The molecule has 0 heterocycles. The Morgan fingerprint density at radius 3 is 2.68 bits per heavy atom. The van der Waals surface area contributed by atoms with E-state index in [4.69, 9.17) is 16.3 Å². The highest BCUT2D eigenvalue weighted by atomic mass is 127. The summed E-state index contributed by atoms with van der Waals surface area (Å²) in [4.78, 5) is 11.7. The molecule has 0 spiro atoms. The van der Waals surface area contributed by atoms with Crippen LogP contribution in [0.25, 0.3) is 0 Å². The first-order valence-electron chi connectivity index (χ1n) is 7.81. The summed E-state index contributed by atoms with van der Waals surface area (Å²) in [6.45, 7) is 2.16. The largest absolute Gasteiger partial charge is 0.465 e. The number of carbonyl (C=O) groups excluding carboxylic acids is 1. The van der Waals surface area contributed by atoms with Crippen molar-refractivity contribution in [3.63, 3.8) is 0 Å². The number of rotatable bonds is 5. The lowest BCUT2D eigenvalue weighted by Crippen LogP contribution is -2.20. The summed E-state index contributed by atoms with van der Waals surface area (Å²) in [6, 6.07) is 4.27. The fraction of sp³-hybridized carbons (Fsp3) is 0.588. The first-order chi connectivity index (χ1) is 10.5.